The lowest BCUT2D eigenvalue weighted by Gasteiger charge is -2.40. The van der Waals surface area contributed by atoms with Crippen molar-refractivity contribution in [1.29, 1.82) is 0 Å². The number of aliphatic hydroxyl groups is 1. The van der Waals surface area contributed by atoms with Crippen LogP contribution in [-0.2, 0) is 13.0 Å². The zero-order valence-corrected chi connectivity index (χ0v) is 13.1. The van der Waals surface area contributed by atoms with Crippen LogP contribution >= 0.6 is 0 Å². The van der Waals surface area contributed by atoms with E-state index in [1.807, 2.05) is 0 Å². The molecule has 1 heterocycles. The van der Waals surface area contributed by atoms with Gasteiger partial charge in [-0.1, -0.05) is 38.0 Å². The van der Waals surface area contributed by atoms with E-state index in [1.165, 1.54) is 42.5 Å². The Labute approximate surface area is 128 Å². The standard InChI is InChI=1S/C18H28N2O/c1-14-5-3-9-18(11-14,13-21)20-12-16-7-2-6-15-8-4-10-19-17(15)16/h2,6-7,14,19-21H,3-5,8-13H2,1H3. The first kappa shape index (κ1) is 14.9. The third-order valence-corrected chi connectivity index (χ3v) is 5.21. The molecule has 0 spiro atoms. The molecule has 3 rings (SSSR count). The molecule has 2 aliphatic rings. The molecule has 2 atom stereocenters. The molecule has 3 N–H and O–H groups in total. The lowest BCUT2D eigenvalue weighted by atomic mass is 9.76. The molecule has 21 heavy (non-hydrogen) atoms. The molecule has 3 heteroatoms. The topological polar surface area (TPSA) is 44.3 Å². The van der Waals surface area contributed by atoms with Crippen LogP contribution in [-0.4, -0.2) is 23.8 Å². The first-order chi connectivity index (χ1) is 10.2. The van der Waals surface area contributed by atoms with Crippen LogP contribution in [0.3, 0.4) is 0 Å². The van der Waals surface area contributed by atoms with Gasteiger partial charge in [0.05, 0.1) is 6.61 Å². The summed E-state index contributed by atoms with van der Waals surface area (Å²) in [5.74, 6) is 0.709. The quantitative estimate of drug-likeness (QED) is 0.798. The second-order valence-corrected chi connectivity index (χ2v) is 6.98. The fourth-order valence-electron chi connectivity index (χ4n) is 4.03. The zero-order valence-electron chi connectivity index (χ0n) is 13.1. The van der Waals surface area contributed by atoms with Crippen molar-refractivity contribution >= 4 is 5.69 Å². The smallest absolute Gasteiger partial charge is 0.0613 e. The van der Waals surface area contributed by atoms with Gasteiger partial charge in [-0.05, 0) is 42.7 Å². The van der Waals surface area contributed by atoms with Crippen molar-refractivity contribution in [2.75, 3.05) is 18.5 Å². The van der Waals surface area contributed by atoms with Crippen LogP contribution in [0.4, 0.5) is 5.69 Å². The molecule has 1 aliphatic carbocycles. The van der Waals surface area contributed by atoms with Crippen LogP contribution in [0.1, 0.15) is 50.2 Å². The minimum Gasteiger partial charge on any atom is -0.394 e. The highest BCUT2D eigenvalue weighted by Crippen LogP contribution is 2.33. The summed E-state index contributed by atoms with van der Waals surface area (Å²) < 4.78 is 0. The van der Waals surface area contributed by atoms with Crippen molar-refractivity contribution in [2.45, 2.75) is 57.5 Å². The normalized spacial score (nSPS) is 28.8. The minimum atomic E-state index is -0.0743. The second-order valence-electron chi connectivity index (χ2n) is 6.98. The van der Waals surface area contributed by atoms with Crippen molar-refractivity contribution in [1.82, 2.24) is 5.32 Å². The Kier molecular flexibility index (Phi) is 4.51. The van der Waals surface area contributed by atoms with E-state index in [9.17, 15) is 5.11 Å². The van der Waals surface area contributed by atoms with Crippen LogP contribution in [0.25, 0.3) is 0 Å². The van der Waals surface area contributed by atoms with Gasteiger partial charge in [-0.2, -0.15) is 0 Å². The third-order valence-electron chi connectivity index (χ3n) is 5.21. The van der Waals surface area contributed by atoms with Gasteiger partial charge in [0, 0.05) is 24.3 Å². The number of aliphatic hydroxyl groups excluding tert-OH is 1. The Morgan fingerprint density at radius 1 is 1.38 bits per heavy atom. The van der Waals surface area contributed by atoms with Gasteiger partial charge in [-0.15, -0.1) is 0 Å². The number of anilines is 1. The van der Waals surface area contributed by atoms with Crippen LogP contribution in [0.2, 0.25) is 0 Å². The van der Waals surface area contributed by atoms with Crippen LogP contribution < -0.4 is 10.6 Å². The van der Waals surface area contributed by atoms with Crippen molar-refractivity contribution in [3.8, 4) is 0 Å². The lowest BCUT2D eigenvalue weighted by molar-refractivity contribution is 0.0983. The van der Waals surface area contributed by atoms with Gasteiger partial charge in [-0.3, -0.25) is 0 Å². The zero-order chi connectivity index (χ0) is 14.7. The van der Waals surface area contributed by atoms with E-state index in [0.29, 0.717) is 5.92 Å². The van der Waals surface area contributed by atoms with E-state index in [4.69, 9.17) is 0 Å². The van der Waals surface area contributed by atoms with Crippen molar-refractivity contribution in [3.63, 3.8) is 0 Å². The van der Waals surface area contributed by atoms with Gasteiger partial charge in [0.2, 0.25) is 0 Å². The van der Waals surface area contributed by atoms with E-state index >= 15 is 0 Å². The average Bonchev–Trinajstić information content (AvgIpc) is 2.53. The van der Waals surface area contributed by atoms with Gasteiger partial charge in [0.1, 0.15) is 0 Å². The maximum absolute atomic E-state index is 9.90. The highest BCUT2D eigenvalue weighted by Gasteiger charge is 2.34. The molecular weight excluding hydrogens is 260 g/mol. The molecule has 3 nitrogen and oxygen atoms in total. The largest absolute Gasteiger partial charge is 0.394 e. The Morgan fingerprint density at radius 2 is 2.29 bits per heavy atom. The van der Waals surface area contributed by atoms with E-state index in [0.717, 1.165) is 25.9 Å². The molecule has 1 aromatic rings. The Hall–Kier alpha value is -1.06. The van der Waals surface area contributed by atoms with Crippen molar-refractivity contribution < 1.29 is 5.11 Å². The number of nitrogens with one attached hydrogen (secondary N) is 2. The predicted molar refractivity (Wildman–Crippen MR) is 87.5 cm³/mol. The van der Waals surface area contributed by atoms with Gasteiger partial charge < -0.3 is 15.7 Å². The summed E-state index contributed by atoms with van der Waals surface area (Å²) in [6.07, 6.45) is 7.11. The van der Waals surface area contributed by atoms with Gasteiger partial charge in [0.15, 0.2) is 0 Å². The fraction of sp³-hybridized carbons (Fsp3) is 0.667. The van der Waals surface area contributed by atoms with E-state index in [-0.39, 0.29) is 12.1 Å². The summed E-state index contributed by atoms with van der Waals surface area (Å²) >= 11 is 0. The first-order valence-electron chi connectivity index (χ1n) is 8.43. The summed E-state index contributed by atoms with van der Waals surface area (Å²) in [5, 5.41) is 17.1. The maximum atomic E-state index is 9.90. The monoisotopic (exact) mass is 288 g/mol. The van der Waals surface area contributed by atoms with Crippen LogP contribution in [0.5, 0.6) is 0 Å². The Morgan fingerprint density at radius 3 is 3.10 bits per heavy atom. The van der Waals surface area contributed by atoms with Crippen molar-refractivity contribution in [3.05, 3.63) is 29.3 Å². The SMILES string of the molecule is CC1CCCC(CO)(NCc2cccc3c2NCCC3)C1. The number of fused-ring (bicyclic) bond motifs is 1. The number of aryl methyl sites for hydroxylation is 1. The van der Waals surface area contributed by atoms with E-state index in [1.54, 1.807) is 0 Å². The van der Waals surface area contributed by atoms with Crippen LogP contribution in [0.15, 0.2) is 18.2 Å². The molecule has 0 radical (unpaired) electrons. The number of para-hydroxylation sites is 1. The molecule has 0 bridgehead atoms. The highest BCUT2D eigenvalue weighted by molar-refractivity contribution is 5.59. The molecule has 0 saturated heterocycles. The molecule has 1 aliphatic heterocycles. The lowest BCUT2D eigenvalue weighted by Crippen LogP contribution is -2.51. The summed E-state index contributed by atoms with van der Waals surface area (Å²) in [6.45, 7) is 4.48. The molecular formula is C18H28N2O. The highest BCUT2D eigenvalue weighted by atomic mass is 16.3. The molecule has 1 fully saturated rings. The van der Waals surface area contributed by atoms with Crippen molar-refractivity contribution in [2.24, 2.45) is 5.92 Å². The summed E-state index contributed by atoms with van der Waals surface area (Å²) in [4.78, 5) is 0. The fourth-order valence-corrected chi connectivity index (χ4v) is 4.03. The van der Waals surface area contributed by atoms with Gasteiger partial charge in [-0.25, -0.2) is 0 Å². The number of hydrogen-bond acceptors (Lipinski definition) is 3. The minimum absolute atomic E-state index is 0.0743. The van der Waals surface area contributed by atoms with Crippen LogP contribution in [0, 0.1) is 5.92 Å². The average molecular weight is 288 g/mol. The summed E-state index contributed by atoms with van der Waals surface area (Å²) in [6, 6.07) is 6.61. The molecule has 116 valence electrons. The van der Waals surface area contributed by atoms with Gasteiger partial charge >= 0.3 is 0 Å². The van der Waals surface area contributed by atoms with E-state index in [2.05, 4.69) is 35.8 Å². The molecule has 1 saturated carbocycles. The number of rotatable bonds is 4. The summed E-state index contributed by atoms with van der Waals surface area (Å²) in [5.41, 5.74) is 4.04. The number of benzene rings is 1. The maximum Gasteiger partial charge on any atom is 0.0613 e. The summed E-state index contributed by atoms with van der Waals surface area (Å²) in [7, 11) is 0. The molecule has 0 amide bonds. The molecule has 1 aromatic carbocycles. The van der Waals surface area contributed by atoms with E-state index < -0.39 is 0 Å². The predicted octanol–water partition coefficient (Wildman–Crippen LogP) is 3.08. The molecule has 0 aromatic heterocycles. The second kappa shape index (κ2) is 6.37. The Bertz CT molecular complexity index is 488. The first-order valence-corrected chi connectivity index (χ1v) is 8.43. The third kappa shape index (κ3) is 3.24. The molecule has 2 unspecified atom stereocenters. The Balaban J connectivity index is 1.72. The number of hydrogen-bond donors (Lipinski definition) is 3. The van der Waals surface area contributed by atoms with Gasteiger partial charge in [0.25, 0.3) is 0 Å².